The molecule has 0 aromatic heterocycles. The summed E-state index contributed by atoms with van der Waals surface area (Å²) >= 11 is 0. The topological polar surface area (TPSA) is 60.4 Å². The van der Waals surface area contributed by atoms with E-state index in [1.807, 2.05) is 4.90 Å². The summed E-state index contributed by atoms with van der Waals surface area (Å²) in [4.78, 5) is 23.6. The maximum atomic E-state index is 12.6. The number of carbonyl (C=O) groups excluding carboxylic acids is 1. The van der Waals surface area contributed by atoms with E-state index >= 15 is 0 Å². The third kappa shape index (κ3) is 5.69. The number of aliphatic imine (C=N–C) groups is 1. The van der Waals surface area contributed by atoms with Gasteiger partial charge in [-0.1, -0.05) is 0 Å². The van der Waals surface area contributed by atoms with Crippen molar-refractivity contribution in [3.8, 4) is 0 Å². The van der Waals surface area contributed by atoms with Gasteiger partial charge in [0.25, 0.3) is 0 Å². The van der Waals surface area contributed by atoms with Crippen LogP contribution in [0, 0.1) is 0 Å². The van der Waals surface area contributed by atoms with Crippen molar-refractivity contribution in [1.29, 1.82) is 0 Å². The normalized spacial score (nSPS) is 23.0. The molecule has 8 heteroatoms. The first-order chi connectivity index (χ1) is 11.8. The Morgan fingerprint density at radius 2 is 1.88 bits per heavy atom. The lowest BCUT2D eigenvalue weighted by Crippen LogP contribution is -2.66. The number of morpholine rings is 1. The van der Waals surface area contributed by atoms with E-state index in [1.165, 1.54) is 0 Å². The molecule has 0 bridgehead atoms. The minimum atomic E-state index is -0.211. The molecule has 2 rings (SSSR count). The molecule has 0 aliphatic carbocycles. The van der Waals surface area contributed by atoms with Gasteiger partial charge >= 0.3 is 0 Å². The zero-order valence-corrected chi connectivity index (χ0v) is 19.4. The Bertz CT molecular complexity index is 492. The van der Waals surface area contributed by atoms with Crippen LogP contribution in [-0.2, 0) is 9.53 Å². The Morgan fingerprint density at radius 1 is 1.27 bits per heavy atom. The number of carbonyl (C=O) groups is 1. The standard InChI is InChI=1S/C18H35N5O2.HI/c1-14(2)23-16(24)12-22(13-18(23,4)5)17(19-6)20-11-15(3)21-7-9-25-10-8-21;/h14-15H,7-13H2,1-6H3,(H,19,20);1H. The van der Waals surface area contributed by atoms with Crippen LogP contribution in [0.1, 0.15) is 34.6 Å². The predicted molar refractivity (Wildman–Crippen MR) is 116 cm³/mol. The number of nitrogens with zero attached hydrogens (tertiary/aromatic N) is 4. The molecule has 2 saturated heterocycles. The van der Waals surface area contributed by atoms with Crippen molar-refractivity contribution in [2.45, 2.75) is 52.2 Å². The molecule has 0 spiro atoms. The molecule has 0 aromatic rings. The Kier molecular flexibility index (Phi) is 9.08. The predicted octanol–water partition coefficient (Wildman–Crippen LogP) is 1.23. The van der Waals surface area contributed by atoms with Gasteiger partial charge in [0.05, 0.1) is 25.3 Å². The third-order valence-corrected chi connectivity index (χ3v) is 5.08. The first-order valence-electron chi connectivity index (χ1n) is 9.36. The highest BCUT2D eigenvalue weighted by Gasteiger charge is 2.40. The molecule has 1 atom stereocenters. The van der Waals surface area contributed by atoms with Gasteiger partial charge in [-0.15, -0.1) is 24.0 Å². The zero-order chi connectivity index (χ0) is 18.6. The van der Waals surface area contributed by atoms with Crippen molar-refractivity contribution in [3.05, 3.63) is 0 Å². The molecule has 0 saturated carbocycles. The molecule has 152 valence electrons. The first kappa shape index (κ1) is 23.4. The number of amides is 1. The number of guanidine groups is 1. The molecule has 1 amide bonds. The van der Waals surface area contributed by atoms with Crippen molar-refractivity contribution in [1.82, 2.24) is 20.0 Å². The number of hydrogen-bond acceptors (Lipinski definition) is 4. The summed E-state index contributed by atoms with van der Waals surface area (Å²) in [6, 6.07) is 0.613. The number of nitrogens with one attached hydrogen (secondary N) is 1. The van der Waals surface area contributed by atoms with Crippen molar-refractivity contribution in [2.75, 3.05) is 53.0 Å². The number of ether oxygens (including phenoxy) is 1. The Balaban J connectivity index is 0.00000338. The number of hydrogen-bond donors (Lipinski definition) is 1. The molecule has 7 nitrogen and oxygen atoms in total. The van der Waals surface area contributed by atoms with E-state index in [-0.39, 0.29) is 41.5 Å². The molecular formula is C18H36IN5O2. The molecule has 26 heavy (non-hydrogen) atoms. The molecule has 2 fully saturated rings. The monoisotopic (exact) mass is 481 g/mol. The van der Waals surface area contributed by atoms with Gasteiger partial charge in [0.1, 0.15) is 0 Å². The van der Waals surface area contributed by atoms with Gasteiger partial charge in [0.2, 0.25) is 5.91 Å². The van der Waals surface area contributed by atoms with E-state index < -0.39 is 0 Å². The van der Waals surface area contributed by atoms with Gasteiger partial charge in [-0.2, -0.15) is 0 Å². The quantitative estimate of drug-likeness (QED) is 0.372. The van der Waals surface area contributed by atoms with Crippen LogP contribution >= 0.6 is 24.0 Å². The van der Waals surface area contributed by atoms with Crippen LogP contribution in [0.4, 0.5) is 0 Å². The average molecular weight is 481 g/mol. The highest BCUT2D eigenvalue weighted by Crippen LogP contribution is 2.24. The summed E-state index contributed by atoms with van der Waals surface area (Å²) in [6.45, 7) is 16.1. The fourth-order valence-corrected chi connectivity index (χ4v) is 4.03. The molecule has 0 aromatic carbocycles. The summed E-state index contributed by atoms with van der Waals surface area (Å²) in [5, 5.41) is 3.46. The number of piperazine rings is 1. The van der Waals surface area contributed by atoms with Crippen LogP contribution in [0.3, 0.4) is 0 Å². The lowest BCUT2D eigenvalue weighted by atomic mass is 9.96. The number of halogens is 1. The highest BCUT2D eigenvalue weighted by molar-refractivity contribution is 14.0. The van der Waals surface area contributed by atoms with Gasteiger partial charge in [0, 0.05) is 45.3 Å². The second-order valence-electron chi connectivity index (χ2n) is 7.95. The van der Waals surface area contributed by atoms with Crippen LogP contribution in [-0.4, -0.2) is 97.2 Å². The molecule has 1 N–H and O–H groups in total. The summed E-state index contributed by atoms with van der Waals surface area (Å²) in [7, 11) is 1.79. The second kappa shape index (κ2) is 10.1. The van der Waals surface area contributed by atoms with Gasteiger partial charge in [-0.3, -0.25) is 14.7 Å². The van der Waals surface area contributed by atoms with E-state index in [9.17, 15) is 4.79 Å². The maximum absolute atomic E-state index is 12.6. The van der Waals surface area contributed by atoms with E-state index in [2.05, 4.69) is 54.7 Å². The SMILES string of the molecule is CN=C(NCC(C)N1CCOCC1)N1CC(=O)N(C(C)C)C(C)(C)C1.I. The molecule has 2 aliphatic heterocycles. The van der Waals surface area contributed by atoms with E-state index in [1.54, 1.807) is 7.05 Å². The molecule has 1 unspecified atom stereocenters. The van der Waals surface area contributed by atoms with Gasteiger partial charge in [0.15, 0.2) is 5.96 Å². The van der Waals surface area contributed by atoms with Gasteiger partial charge in [-0.25, -0.2) is 0 Å². The second-order valence-corrected chi connectivity index (χ2v) is 7.95. The molecule has 2 heterocycles. The van der Waals surface area contributed by atoms with Crippen LogP contribution in [0.2, 0.25) is 0 Å². The maximum Gasteiger partial charge on any atom is 0.242 e. The largest absolute Gasteiger partial charge is 0.379 e. The van der Waals surface area contributed by atoms with E-state index in [0.717, 1.165) is 45.4 Å². The van der Waals surface area contributed by atoms with Crippen LogP contribution < -0.4 is 5.32 Å². The van der Waals surface area contributed by atoms with Gasteiger partial charge in [-0.05, 0) is 34.6 Å². The van der Waals surface area contributed by atoms with Crippen LogP contribution in [0.15, 0.2) is 4.99 Å². The van der Waals surface area contributed by atoms with Crippen molar-refractivity contribution < 1.29 is 9.53 Å². The lowest BCUT2D eigenvalue weighted by molar-refractivity contribution is -0.145. The summed E-state index contributed by atoms with van der Waals surface area (Å²) in [5.41, 5.74) is -0.211. The van der Waals surface area contributed by atoms with Crippen molar-refractivity contribution in [3.63, 3.8) is 0 Å². The molecule has 2 aliphatic rings. The number of rotatable bonds is 4. The Hall–Kier alpha value is -0.610. The fourth-order valence-electron chi connectivity index (χ4n) is 4.03. The third-order valence-electron chi connectivity index (χ3n) is 5.08. The van der Waals surface area contributed by atoms with Crippen LogP contribution in [0.25, 0.3) is 0 Å². The average Bonchev–Trinajstić information content (AvgIpc) is 2.54. The Labute approximate surface area is 175 Å². The van der Waals surface area contributed by atoms with E-state index in [0.29, 0.717) is 12.6 Å². The summed E-state index contributed by atoms with van der Waals surface area (Å²) in [6.07, 6.45) is 0. The summed E-state index contributed by atoms with van der Waals surface area (Å²) in [5.74, 6) is 0.973. The van der Waals surface area contributed by atoms with Gasteiger partial charge < -0.3 is 19.9 Å². The highest BCUT2D eigenvalue weighted by atomic mass is 127. The molecular weight excluding hydrogens is 445 g/mol. The molecule has 0 radical (unpaired) electrons. The zero-order valence-electron chi connectivity index (χ0n) is 17.1. The minimum absolute atomic E-state index is 0. The van der Waals surface area contributed by atoms with Crippen LogP contribution in [0.5, 0.6) is 0 Å². The summed E-state index contributed by atoms with van der Waals surface area (Å²) < 4.78 is 5.42. The Morgan fingerprint density at radius 3 is 2.38 bits per heavy atom. The smallest absolute Gasteiger partial charge is 0.242 e. The van der Waals surface area contributed by atoms with Crippen molar-refractivity contribution in [2.24, 2.45) is 4.99 Å². The fraction of sp³-hybridized carbons (Fsp3) is 0.889. The first-order valence-corrected chi connectivity index (χ1v) is 9.36. The lowest BCUT2D eigenvalue weighted by Gasteiger charge is -2.49. The van der Waals surface area contributed by atoms with Crippen molar-refractivity contribution >= 4 is 35.8 Å². The van der Waals surface area contributed by atoms with E-state index in [4.69, 9.17) is 4.74 Å². The minimum Gasteiger partial charge on any atom is -0.379 e.